The average molecular weight is 695 g/mol. The molecule has 8 rings (SSSR count). The van der Waals surface area contributed by atoms with Crippen molar-refractivity contribution in [3.05, 3.63) is 132 Å². The zero-order chi connectivity index (χ0) is 35.5. The van der Waals surface area contributed by atoms with Crippen LogP contribution in [0.15, 0.2) is 116 Å². The fourth-order valence-corrected chi connectivity index (χ4v) is 8.37. The van der Waals surface area contributed by atoms with Crippen LogP contribution in [0, 0.1) is 5.41 Å². The molecular weight excluding hydrogens is 649 g/mol. The van der Waals surface area contributed by atoms with E-state index in [4.69, 9.17) is 4.74 Å². The lowest BCUT2D eigenvalue weighted by molar-refractivity contribution is -0.127. The van der Waals surface area contributed by atoms with Gasteiger partial charge in [0, 0.05) is 98.6 Å². The number of nitrogens with one attached hydrogen (secondary N) is 1. The summed E-state index contributed by atoms with van der Waals surface area (Å²) in [5, 5.41) is 6.90. The van der Waals surface area contributed by atoms with Gasteiger partial charge in [-0.25, -0.2) is 0 Å². The number of H-pyrrole nitrogens is 1. The Balaban J connectivity index is 0.850. The number of carbonyl (C=O) groups is 2. The Morgan fingerprint density at radius 2 is 1.42 bits per heavy atom. The Bertz CT molecular complexity index is 1930. The lowest BCUT2D eigenvalue weighted by Gasteiger charge is -2.38. The van der Waals surface area contributed by atoms with Gasteiger partial charge >= 0.3 is 0 Å². The highest BCUT2D eigenvalue weighted by Crippen LogP contribution is 2.44. The average Bonchev–Trinajstić information content (AvgIpc) is 3.86. The maximum Gasteiger partial charge on any atom is 0.253 e. The van der Waals surface area contributed by atoms with Crippen molar-refractivity contribution in [2.75, 3.05) is 69.3 Å². The minimum atomic E-state index is -0.429. The minimum absolute atomic E-state index is 0.0426. The molecule has 0 aliphatic carbocycles. The predicted molar refractivity (Wildman–Crippen MR) is 205 cm³/mol. The highest BCUT2D eigenvalue weighted by molar-refractivity contribution is 6.01. The molecule has 1 spiro atoms. The van der Waals surface area contributed by atoms with E-state index in [1.54, 1.807) is 13.3 Å². The number of amides is 2. The van der Waals surface area contributed by atoms with E-state index in [1.165, 1.54) is 11.1 Å². The number of carbonyl (C=O) groups excluding carboxylic acids is 2. The topological polar surface area (TPSA) is 85.0 Å². The van der Waals surface area contributed by atoms with E-state index in [9.17, 15) is 9.59 Å². The van der Waals surface area contributed by atoms with Crippen molar-refractivity contribution in [3.8, 4) is 16.9 Å². The van der Waals surface area contributed by atoms with Crippen LogP contribution in [0.4, 0.5) is 11.4 Å². The monoisotopic (exact) mass is 694 g/mol. The Labute approximate surface area is 305 Å². The van der Waals surface area contributed by atoms with Crippen LogP contribution < -0.4 is 14.5 Å². The first-order chi connectivity index (χ1) is 25.5. The van der Waals surface area contributed by atoms with Crippen molar-refractivity contribution in [1.82, 2.24) is 20.0 Å². The Kier molecular flexibility index (Phi) is 9.52. The highest BCUT2D eigenvalue weighted by Gasteiger charge is 2.49. The number of methoxy groups -OCH3 is 1. The molecule has 5 aromatic rings. The molecule has 3 aliphatic heterocycles. The number of aromatic nitrogens is 2. The number of rotatable bonds is 9. The molecule has 0 unspecified atom stereocenters. The van der Waals surface area contributed by atoms with Gasteiger partial charge in [0.2, 0.25) is 5.91 Å². The zero-order valence-electron chi connectivity index (χ0n) is 29.8. The fourth-order valence-electron chi connectivity index (χ4n) is 8.37. The molecule has 3 aliphatic rings. The molecular formula is C43H46N6O3. The van der Waals surface area contributed by atoms with Crippen molar-refractivity contribution < 1.29 is 14.3 Å². The Morgan fingerprint density at radius 1 is 0.788 bits per heavy atom. The van der Waals surface area contributed by atoms with Crippen LogP contribution in [0.5, 0.6) is 5.75 Å². The van der Waals surface area contributed by atoms with E-state index in [0.29, 0.717) is 49.7 Å². The second-order valence-electron chi connectivity index (χ2n) is 14.4. The maximum atomic E-state index is 13.9. The van der Waals surface area contributed by atoms with E-state index < -0.39 is 5.41 Å². The van der Waals surface area contributed by atoms with Gasteiger partial charge in [-0.05, 0) is 66.8 Å². The van der Waals surface area contributed by atoms with Gasteiger partial charge in [-0.1, -0.05) is 60.7 Å². The normalized spacial score (nSPS) is 17.7. The molecule has 0 radical (unpaired) electrons. The third kappa shape index (κ3) is 6.68. The zero-order valence-corrected chi connectivity index (χ0v) is 29.8. The number of nitrogens with zero attached hydrogens (tertiary/aromatic N) is 5. The third-order valence-electron chi connectivity index (χ3n) is 11.5. The lowest BCUT2D eigenvalue weighted by atomic mass is 9.77. The summed E-state index contributed by atoms with van der Waals surface area (Å²) < 4.78 is 5.68. The highest BCUT2D eigenvalue weighted by atomic mass is 16.5. The molecule has 3 fully saturated rings. The summed E-state index contributed by atoms with van der Waals surface area (Å²) in [7, 11) is 1.65. The number of piperazine rings is 1. The quantitative estimate of drug-likeness (QED) is 0.185. The predicted octanol–water partition coefficient (Wildman–Crippen LogP) is 6.70. The van der Waals surface area contributed by atoms with Gasteiger partial charge in [0.05, 0.1) is 18.7 Å². The number of anilines is 2. The van der Waals surface area contributed by atoms with Crippen molar-refractivity contribution >= 4 is 23.2 Å². The molecule has 4 aromatic carbocycles. The number of ether oxygens (including phenoxy) is 1. The van der Waals surface area contributed by atoms with Crippen molar-refractivity contribution in [2.45, 2.75) is 25.2 Å². The molecule has 2 amide bonds. The summed E-state index contributed by atoms with van der Waals surface area (Å²) in [5.74, 6) is 1.24. The molecule has 0 bridgehead atoms. The Hall–Kier alpha value is -5.41. The first kappa shape index (κ1) is 33.7. The van der Waals surface area contributed by atoms with Crippen molar-refractivity contribution in [1.29, 1.82) is 0 Å². The van der Waals surface area contributed by atoms with E-state index >= 15 is 0 Å². The molecule has 0 saturated carbocycles. The van der Waals surface area contributed by atoms with Gasteiger partial charge in [0.25, 0.3) is 5.91 Å². The summed E-state index contributed by atoms with van der Waals surface area (Å²) in [6.07, 6.45) is 5.73. The first-order valence-electron chi connectivity index (χ1n) is 18.5. The molecule has 52 heavy (non-hydrogen) atoms. The van der Waals surface area contributed by atoms with Crippen LogP contribution in [-0.4, -0.2) is 91.3 Å². The summed E-state index contributed by atoms with van der Waals surface area (Å²) >= 11 is 0. The van der Waals surface area contributed by atoms with Gasteiger partial charge in [-0.2, -0.15) is 5.10 Å². The first-order valence-corrected chi connectivity index (χ1v) is 18.5. The third-order valence-corrected chi connectivity index (χ3v) is 11.5. The fraction of sp³-hybridized carbons (Fsp3) is 0.326. The summed E-state index contributed by atoms with van der Waals surface area (Å²) in [5.41, 5.74) is 6.84. The molecule has 1 aromatic heterocycles. The largest absolute Gasteiger partial charge is 0.496 e. The second kappa shape index (κ2) is 14.7. The van der Waals surface area contributed by atoms with Crippen molar-refractivity contribution in [2.24, 2.45) is 5.41 Å². The lowest BCUT2D eigenvalue weighted by Crippen LogP contribution is -2.47. The van der Waals surface area contributed by atoms with E-state index in [0.717, 1.165) is 61.6 Å². The van der Waals surface area contributed by atoms with Crippen LogP contribution in [0.1, 0.15) is 46.7 Å². The van der Waals surface area contributed by atoms with E-state index in [2.05, 4.69) is 92.8 Å². The van der Waals surface area contributed by atoms with Crippen LogP contribution in [0.3, 0.4) is 0 Å². The molecule has 1 N–H and O–H groups in total. The van der Waals surface area contributed by atoms with Crippen molar-refractivity contribution in [3.63, 3.8) is 0 Å². The molecule has 9 heteroatoms. The smallest absolute Gasteiger partial charge is 0.253 e. The number of piperidine rings is 1. The maximum absolute atomic E-state index is 13.9. The minimum Gasteiger partial charge on any atom is -0.496 e. The standard InChI is InChI=1S/C43H46N6O3/c1-52-40-28-37(16-17-38(40)35-29-44-45-30-35)49-23-20-43(42(49)51)18-21-48(22-19-43)41(50)34-12-14-36(15-13-34)47-26-24-46(25-27-47)31-39(32-8-4-2-5-9-32)33-10-6-3-7-11-33/h2-17,28-30,39H,18-27,31H2,1H3,(H,44,45). The second-order valence-corrected chi connectivity index (χ2v) is 14.4. The summed E-state index contributed by atoms with van der Waals surface area (Å²) in [4.78, 5) is 36.3. The molecule has 266 valence electrons. The van der Waals surface area contributed by atoms with Crippen LogP contribution in [0.2, 0.25) is 0 Å². The summed E-state index contributed by atoms with van der Waals surface area (Å²) in [6.45, 7) is 6.70. The van der Waals surface area contributed by atoms with Gasteiger partial charge in [-0.15, -0.1) is 0 Å². The van der Waals surface area contributed by atoms with Gasteiger partial charge in [0.1, 0.15) is 5.75 Å². The molecule has 9 nitrogen and oxygen atoms in total. The van der Waals surface area contributed by atoms with Gasteiger partial charge in [0.15, 0.2) is 0 Å². The van der Waals surface area contributed by atoms with Gasteiger partial charge in [-0.3, -0.25) is 19.6 Å². The number of hydrogen-bond donors (Lipinski definition) is 1. The van der Waals surface area contributed by atoms with E-state index in [-0.39, 0.29) is 11.8 Å². The number of benzene rings is 4. The van der Waals surface area contributed by atoms with Crippen LogP contribution in [0.25, 0.3) is 11.1 Å². The molecule has 4 heterocycles. The van der Waals surface area contributed by atoms with Crippen LogP contribution >= 0.6 is 0 Å². The van der Waals surface area contributed by atoms with Crippen LogP contribution in [-0.2, 0) is 4.79 Å². The summed E-state index contributed by atoms with van der Waals surface area (Å²) in [6, 6.07) is 35.7. The molecule has 0 atom stereocenters. The number of aromatic amines is 1. The van der Waals surface area contributed by atoms with Gasteiger partial charge < -0.3 is 19.4 Å². The Morgan fingerprint density at radius 3 is 2.04 bits per heavy atom. The number of hydrogen-bond acceptors (Lipinski definition) is 6. The molecule has 3 saturated heterocycles. The number of likely N-dealkylation sites (tertiary alicyclic amines) is 1. The van der Waals surface area contributed by atoms with E-state index in [1.807, 2.05) is 46.3 Å². The SMILES string of the molecule is COc1cc(N2CCC3(CCN(C(=O)c4ccc(N5CCN(CC(c6ccccc6)c6ccccc6)CC5)cc4)CC3)C2=O)ccc1-c1cn[nH]c1.